The van der Waals surface area contributed by atoms with Crippen molar-refractivity contribution < 1.29 is 4.74 Å². The van der Waals surface area contributed by atoms with Crippen LogP contribution in [0, 0.1) is 0 Å². The predicted octanol–water partition coefficient (Wildman–Crippen LogP) is 4.40. The van der Waals surface area contributed by atoms with Crippen molar-refractivity contribution in [1.82, 2.24) is 15.3 Å². The van der Waals surface area contributed by atoms with Crippen LogP contribution in [-0.2, 0) is 11.2 Å². The Bertz CT molecular complexity index is 855. The van der Waals surface area contributed by atoms with Crippen molar-refractivity contribution >= 4 is 21.6 Å². The van der Waals surface area contributed by atoms with Gasteiger partial charge in [-0.1, -0.05) is 12.5 Å². The standard InChI is InChI=1S/C21H25N3OS/c1-25-12-11-22-9-7-15-5-6-18(24-14-15)20-13-19-21(26-20)17(8-10-23-19)16-3-2-4-16/h5-6,8,10,13-14,16,22H,2-4,7,9,11-12H2,1H3. The zero-order valence-electron chi connectivity index (χ0n) is 15.2. The van der Waals surface area contributed by atoms with Crippen LogP contribution in [0.25, 0.3) is 20.8 Å². The van der Waals surface area contributed by atoms with Crippen molar-refractivity contribution in [2.24, 2.45) is 0 Å². The molecule has 3 heterocycles. The summed E-state index contributed by atoms with van der Waals surface area (Å²) < 4.78 is 6.39. The first-order chi connectivity index (χ1) is 12.8. The second-order valence-corrected chi connectivity index (χ2v) is 7.95. The first kappa shape index (κ1) is 17.6. The van der Waals surface area contributed by atoms with Crippen molar-refractivity contribution in [2.45, 2.75) is 31.6 Å². The molecule has 136 valence electrons. The molecule has 1 N–H and O–H groups in total. The summed E-state index contributed by atoms with van der Waals surface area (Å²) in [6.45, 7) is 2.59. The van der Waals surface area contributed by atoms with Crippen molar-refractivity contribution in [2.75, 3.05) is 26.8 Å². The summed E-state index contributed by atoms with van der Waals surface area (Å²) in [5.41, 5.74) is 4.90. The summed E-state index contributed by atoms with van der Waals surface area (Å²) in [5.74, 6) is 0.730. The van der Waals surface area contributed by atoms with Gasteiger partial charge in [0.25, 0.3) is 0 Å². The lowest BCUT2D eigenvalue weighted by Crippen LogP contribution is -2.21. The van der Waals surface area contributed by atoms with E-state index in [1.54, 1.807) is 7.11 Å². The van der Waals surface area contributed by atoms with Crippen LogP contribution < -0.4 is 5.32 Å². The van der Waals surface area contributed by atoms with Crippen molar-refractivity contribution in [3.63, 3.8) is 0 Å². The zero-order chi connectivity index (χ0) is 17.8. The number of nitrogens with zero attached hydrogens (tertiary/aromatic N) is 2. The number of fused-ring (bicyclic) bond motifs is 1. The fraction of sp³-hybridized carbons (Fsp3) is 0.429. The SMILES string of the molecule is COCCNCCc1ccc(-c2cc3nccc(C4CCC4)c3s2)nc1. The number of thiophene rings is 1. The average Bonchev–Trinajstić information content (AvgIpc) is 3.06. The van der Waals surface area contributed by atoms with Crippen LogP contribution in [0.2, 0.25) is 0 Å². The fourth-order valence-corrected chi connectivity index (χ4v) is 4.56. The molecule has 3 aromatic rings. The van der Waals surface area contributed by atoms with Gasteiger partial charge in [-0.3, -0.25) is 9.97 Å². The van der Waals surface area contributed by atoms with Crippen molar-refractivity contribution in [3.05, 3.63) is 47.8 Å². The van der Waals surface area contributed by atoms with Crippen LogP contribution in [0.15, 0.2) is 36.7 Å². The Morgan fingerprint density at radius 2 is 2.12 bits per heavy atom. The molecular formula is C21H25N3OS. The molecule has 0 aromatic carbocycles. The molecule has 0 bridgehead atoms. The van der Waals surface area contributed by atoms with E-state index in [4.69, 9.17) is 9.72 Å². The van der Waals surface area contributed by atoms with Crippen molar-refractivity contribution in [1.29, 1.82) is 0 Å². The lowest BCUT2D eigenvalue weighted by Gasteiger charge is -2.25. The molecule has 1 aliphatic rings. The van der Waals surface area contributed by atoms with E-state index < -0.39 is 0 Å². The van der Waals surface area contributed by atoms with Gasteiger partial charge in [0, 0.05) is 26.0 Å². The van der Waals surface area contributed by atoms with Gasteiger partial charge in [0.15, 0.2) is 0 Å². The summed E-state index contributed by atoms with van der Waals surface area (Å²) in [4.78, 5) is 10.5. The molecule has 0 spiro atoms. The van der Waals surface area contributed by atoms with E-state index in [2.05, 4.69) is 34.6 Å². The Hall–Kier alpha value is -1.82. The minimum atomic E-state index is 0.730. The average molecular weight is 368 g/mol. The quantitative estimate of drug-likeness (QED) is 0.599. The molecular weight excluding hydrogens is 342 g/mol. The van der Waals surface area contributed by atoms with Crippen LogP contribution in [0.5, 0.6) is 0 Å². The minimum Gasteiger partial charge on any atom is -0.383 e. The maximum atomic E-state index is 5.04. The highest BCUT2D eigenvalue weighted by Gasteiger charge is 2.22. The molecule has 0 radical (unpaired) electrons. The third kappa shape index (κ3) is 3.80. The number of hydrogen-bond acceptors (Lipinski definition) is 5. The van der Waals surface area contributed by atoms with Crippen molar-refractivity contribution in [3.8, 4) is 10.6 Å². The lowest BCUT2D eigenvalue weighted by molar-refractivity contribution is 0.199. The van der Waals surface area contributed by atoms with Gasteiger partial charge in [-0.05, 0) is 61.1 Å². The second-order valence-electron chi connectivity index (χ2n) is 6.90. The van der Waals surface area contributed by atoms with Crippen LogP contribution in [0.3, 0.4) is 0 Å². The summed E-state index contributed by atoms with van der Waals surface area (Å²) in [6.07, 6.45) is 8.93. The maximum Gasteiger partial charge on any atom is 0.0819 e. The number of nitrogens with one attached hydrogen (secondary N) is 1. The topological polar surface area (TPSA) is 47.0 Å². The molecule has 1 aliphatic carbocycles. The maximum absolute atomic E-state index is 5.04. The highest BCUT2D eigenvalue weighted by Crippen LogP contribution is 2.42. The van der Waals surface area contributed by atoms with Crippen LogP contribution in [-0.4, -0.2) is 36.8 Å². The minimum absolute atomic E-state index is 0.730. The van der Waals surface area contributed by atoms with Gasteiger partial charge in [0.1, 0.15) is 0 Å². The van der Waals surface area contributed by atoms with Crippen LogP contribution >= 0.6 is 11.3 Å². The van der Waals surface area contributed by atoms with Gasteiger partial charge in [0.2, 0.25) is 0 Å². The van der Waals surface area contributed by atoms with E-state index in [1.165, 1.54) is 40.0 Å². The Morgan fingerprint density at radius 3 is 2.85 bits per heavy atom. The summed E-state index contributed by atoms with van der Waals surface area (Å²) in [5, 5.41) is 3.37. The van der Waals surface area contributed by atoms with E-state index in [0.717, 1.165) is 43.2 Å². The first-order valence-corrected chi connectivity index (χ1v) is 10.2. The molecule has 0 aliphatic heterocycles. The van der Waals surface area contributed by atoms with Gasteiger partial charge < -0.3 is 10.1 Å². The first-order valence-electron chi connectivity index (χ1n) is 9.38. The summed E-state index contributed by atoms with van der Waals surface area (Å²) in [6, 6.07) is 8.72. The Kier molecular flexibility index (Phi) is 5.58. The van der Waals surface area contributed by atoms with Crippen LogP contribution in [0.4, 0.5) is 0 Å². The Balaban J connectivity index is 1.47. The van der Waals surface area contributed by atoms with Gasteiger partial charge >= 0.3 is 0 Å². The number of ether oxygens (including phenoxy) is 1. The van der Waals surface area contributed by atoms with Gasteiger partial charge in [-0.2, -0.15) is 0 Å². The smallest absolute Gasteiger partial charge is 0.0819 e. The molecule has 3 aromatic heterocycles. The molecule has 0 amide bonds. The number of hydrogen-bond donors (Lipinski definition) is 1. The van der Waals surface area contributed by atoms with Gasteiger partial charge in [-0.25, -0.2) is 0 Å². The largest absolute Gasteiger partial charge is 0.383 e. The van der Waals surface area contributed by atoms with E-state index in [9.17, 15) is 0 Å². The molecule has 4 rings (SSSR count). The molecule has 26 heavy (non-hydrogen) atoms. The molecule has 0 saturated heterocycles. The van der Waals surface area contributed by atoms with E-state index in [-0.39, 0.29) is 0 Å². The van der Waals surface area contributed by atoms with Crippen LogP contribution in [0.1, 0.15) is 36.3 Å². The van der Waals surface area contributed by atoms with Gasteiger partial charge in [-0.15, -0.1) is 11.3 Å². The number of rotatable bonds is 8. The normalized spacial score (nSPS) is 14.7. The number of aromatic nitrogens is 2. The highest BCUT2D eigenvalue weighted by atomic mass is 32.1. The number of pyridine rings is 2. The molecule has 1 fully saturated rings. The molecule has 0 unspecified atom stereocenters. The predicted molar refractivity (Wildman–Crippen MR) is 108 cm³/mol. The summed E-state index contributed by atoms with van der Waals surface area (Å²) >= 11 is 1.84. The lowest BCUT2D eigenvalue weighted by atomic mass is 9.80. The molecule has 5 heteroatoms. The summed E-state index contributed by atoms with van der Waals surface area (Å²) in [7, 11) is 1.73. The van der Waals surface area contributed by atoms with Gasteiger partial charge in [0.05, 0.1) is 27.4 Å². The molecule has 1 saturated carbocycles. The van der Waals surface area contributed by atoms with E-state index in [1.807, 2.05) is 23.7 Å². The molecule has 0 atom stereocenters. The monoisotopic (exact) mass is 367 g/mol. The third-order valence-electron chi connectivity index (χ3n) is 5.14. The second kappa shape index (κ2) is 8.25. The van der Waals surface area contributed by atoms with E-state index in [0.29, 0.717) is 0 Å². The molecule has 4 nitrogen and oxygen atoms in total. The Labute approximate surface area is 158 Å². The highest BCUT2D eigenvalue weighted by molar-refractivity contribution is 7.22. The Morgan fingerprint density at radius 1 is 1.19 bits per heavy atom. The fourth-order valence-electron chi connectivity index (χ4n) is 3.37. The zero-order valence-corrected chi connectivity index (χ0v) is 16.0. The van der Waals surface area contributed by atoms with E-state index >= 15 is 0 Å². The number of methoxy groups -OCH3 is 1. The third-order valence-corrected chi connectivity index (χ3v) is 6.33.